The fraction of sp³-hybridized carbons (Fsp3) is 0.350. The first kappa shape index (κ1) is 16.4. The van der Waals surface area contributed by atoms with Crippen molar-refractivity contribution in [1.29, 1.82) is 0 Å². The SMILES string of the molecule is Cc1ccc(C(=O)NCc2cc3c(cc2C)OCCCO3)cc1C. The third-order valence-corrected chi connectivity index (χ3v) is 4.41. The average molecular weight is 325 g/mol. The number of benzene rings is 2. The molecule has 24 heavy (non-hydrogen) atoms. The van der Waals surface area contributed by atoms with Crippen LogP contribution in [-0.4, -0.2) is 19.1 Å². The minimum Gasteiger partial charge on any atom is -0.490 e. The molecule has 0 unspecified atom stereocenters. The summed E-state index contributed by atoms with van der Waals surface area (Å²) in [6.45, 7) is 7.87. The minimum absolute atomic E-state index is 0.0652. The molecule has 0 bridgehead atoms. The summed E-state index contributed by atoms with van der Waals surface area (Å²) in [6.07, 6.45) is 0.882. The van der Waals surface area contributed by atoms with Crippen molar-refractivity contribution in [3.05, 3.63) is 58.1 Å². The summed E-state index contributed by atoms with van der Waals surface area (Å²) in [6, 6.07) is 9.71. The van der Waals surface area contributed by atoms with Crippen LogP contribution < -0.4 is 14.8 Å². The van der Waals surface area contributed by atoms with E-state index < -0.39 is 0 Å². The molecule has 0 atom stereocenters. The van der Waals surface area contributed by atoms with E-state index in [1.54, 1.807) is 0 Å². The van der Waals surface area contributed by atoms with Gasteiger partial charge in [0.15, 0.2) is 11.5 Å². The number of hydrogen-bond donors (Lipinski definition) is 1. The summed E-state index contributed by atoms with van der Waals surface area (Å²) in [7, 11) is 0. The summed E-state index contributed by atoms with van der Waals surface area (Å²) in [5.74, 6) is 1.48. The molecule has 0 aliphatic carbocycles. The number of amides is 1. The summed E-state index contributed by atoms with van der Waals surface area (Å²) in [4.78, 5) is 12.4. The smallest absolute Gasteiger partial charge is 0.251 e. The van der Waals surface area contributed by atoms with Gasteiger partial charge in [-0.3, -0.25) is 4.79 Å². The van der Waals surface area contributed by atoms with Gasteiger partial charge in [-0.2, -0.15) is 0 Å². The van der Waals surface area contributed by atoms with Crippen molar-refractivity contribution in [2.75, 3.05) is 13.2 Å². The Bertz CT molecular complexity index is 768. The van der Waals surface area contributed by atoms with Crippen molar-refractivity contribution >= 4 is 5.91 Å². The normalized spacial score (nSPS) is 13.3. The van der Waals surface area contributed by atoms with Crippen molar-refractivity contribution in [2.45, 2.75) is 33.7 Å². The molecule has 4 heteroatoms. The van der Waals surface area contributed by atoms with Crippen LogP contribution in [-0.2, 0) is 6.54 Å². The van der Waals surface area contributed by atoms with Crippen LogP contribution in [0.15, 0.2) is 30.3 Å². The van der Waals surface area contributed by atoms with Crippen molar-refractivity contribution in [3.8, 4) is 11.5 Å². The van der Waals surface area contributed by atoms with Crippen molar-refractivity contribution in [2.24, 2.45) is 0 Å². The van der Waals surface area contributed by atoms with E-state index >= 15 is 0 Å². The second-order valence-electron chi connectivity index (χ2n) is 6.26. The lowest BCUT2D eigenvalue weighted by molar-refractivity contribution is 0.0950. The highest BCUT2D eigenvalue weighted by atomic mass is 16.5. The van der Waals surface area contributed by atoms with Crippen LogP contribution in [0.25, 0.3) is 0 Å². The molecule has 1 aliphatic heterocycles. The van der Waals surface area contributed by atoms with Gasteiger partial charge in [0.05, 0.1) is 13.2 Å². The van der Waals surface area contributed by atoms with E-state index in [0.29, 0.717) is 25.3 Å². The Kier molecular flexibility index (Phi) is 4.74. The van der Waals surface area contributed by atoms with E-state index in [0.717, 1.165) is 34.6 Å². The van der Waals surface area contributed by atoms with E-state index in [9.17, 15) is 4.79 Å². The van der Waals surface area contributed by atoms with Gasteiger partial charge in [0.1, 0.15) is 0 Å². The molecule has 2 aromatic rings. The highest BCUT2D eigenvalue weighted by molar-refractivity contribution is 5.94. The maximum atomic E-state index is 12.4. The number of carbonyl (C=O) groups is 1. The van der Waals surface area contributed by atoms with Gasteiger partial charge in [-0.05, 0) is 67.3 Å². The molecule has 126 valence electrons. The van der Waals surface area contributed by atoms with Gasteiger partial charge >= 0.3 is 0 Å². The van der Waals surface area contributed by atoms with E-state index in [1.165, 1.54) is 5.56 Å². The molecule has 0 radical (unpaired) electrons. The van der Waals surface area contributed by atoms with Gasteiger partial charge < -0.3 is 14.8 Å². The van der Waals surface area contributed by atoms with Crippen LogP contribution in [0.5, 0.6) is 11.5 Å². The van der Waals surface area contributed by atoms with Crippen molar-refractivity contribution in [3.63, 3.8) is 0 Å². The number of nitrogens with one attached hydrogen (secondary N) is 1. The first-order valence-electron chi connectivity index (χ1n) is 8.29. The number of carbonyl (C=O) groups excluding carboxylic acids is 1. The second kappa shape index (κ2) is 6.95. The van der Waals surface area contributed by atoms with Gasteiger partial charge in [-0.25, -0.2) is 0 Å². The van der Waals surface area contributed by atoms with Gasteiger partial charge in [0, 0.05) is 18.5 Å². The van der Waals surface area contributed by atoms with Gasteiger partial charge in [-0.15, -0.1) is 0 Å². The minimum atomic E-state index is -0.0652. The molecule has 1 N–H and O–H groups in total. The monoisotopic (exact) mass is 325 g/mol. The lowest BCUT2D eigenvalue weighted by Gasteiger charge is -2.13. The zero-order chi connectivity index (χ0) is 17.1. The molecular formula is C20H23NO3. The highest BCUT2D eigenvalue weighted by Gasteiger charge is 2.14. The third-order valence-electron chi connectivity index (χ3n) is 4.41. The molecule has 0 spiro atoms. The molecule has 0 saturated carbocycles. The van der Waals surface area contributed by atoms with E-state index in [1.807, 2.05) is 51.1 Å². The third kappa shape index (κ3) is 3.53. The van der Waals surface area contributed by atoms with Crippen molar-refractivity contribution < 1.29 is 14.3 Å². The number of fused-ring (bicyclic) bond motifs is 1. The van der Waals surface area contributed by atoms with Gasteiger partial charge in [0.25, 0.3) is 5.91 Å². The molecule has 2 aromatic carbocycles. The largest absolute Gasteiger partial charge is 0.490 e. The number of rotatable bonds is 3. The van der Waals surface area contributed by atoms with E-state index in [4.69, 9.17) is 9.47 Å². The average Bonchev–Trinajstić information content (AvgIpc) is 2.79. The topological polar surface area (TPSA) is 47.6 Å². The second-order valence-corrected chi connectivity index (χ2v) is 6.26. The summed E-state index contributed by atoms with van der Waals surface area (Å²) < 4.78 is 11.4. The molecule has 0 saturated heterocycles. The molecule has 4 nitrogen and oxygen atoms in total. The Hall–Kier alpha value is -2.49. The molecular weight excluding hydrogens is 302 g/mol. The van der Waals surface area contributed by atoms with Gasteiger partial charge in [0.2, 0.25) is 0 Å². The van der Waals surface area contributed by atoms with Crippen LogP contribution in [0, 0.1) is 20.8 Å². The van der Waals surface area contributed by atoms with Crippen LogP contribution >= 0.6 is 0 Å². The first-order valence-corrected chi connectivity index (χ1v) is 8.29. The predicted molar refractivity (Wildman–Crippen MR) is 93.9 cm³/mol. The zero-order valence-electron chi connectivity index (χ0n) is 14.4. The van der Waals surface area contributed by atoms with Crippen LogP contribution in [0.3, 0.4) is 0 Å². The van der Waals surface area contributed by atoms with E-state index in [2.05, 4.69) is 5.32 Å². The predicted octanol–water partition coefficient (Wildman–Crippen LogP) is 3.70. The Morgan fingerprint density at radius 1 is 0.958 bits per heavy atom. The number of hydrogen-bond acceptors (Lipinski definition) is 3. The summed E-state index contributed by atoms with van der Waals surface area (Å²) in [5.41, 5.74) is 5.11. The highest BCUT2D eigenvalue weighted by Crippen LogP contribution is 2.32. The Morgan fingerprint density at radius 2 is 1.67 bits per heavy atom. The lowest BCUT2D eigenvalue weighted by atomic mass is 10.1. The van der Waals surface area contributed by atoms with Crippen LogP contribution in [0.2, 0.25) is 0 Å². The molecule has 1 amide bonds. The maximum Gasteiger partial charge on any atom is 0.251 e. The molecule has 1 heterocycles. The molecule has 3 rings (SSSR count). The quantitative estimate of drug-likeness (QED) is 0.936. The van der Waals surface area contributed by atoms with E-state index in [-0.39, 0.29) is 5.91 Å². The van der Waals surface area contributed by atoms with Crippen LogP contribution in [0.4, 0.5) is 0 Å². The molecule has 1 aliphatic rings. The summed E-state index contributed by atoms with van der Waals surface area (Å²) in [5, 5.41) is 2.99. The fourth-order valence-corrected chi connectivity index (χ4v) is 2.70. The number of aryl methyl sites for hydroxylation is 3. The van der Waals surface area contributed by atoms with Gasteiger partial charge in [-0.1, -0.05) is 6.07 Å². The zero-order valence-corrected chi connectivity index (χ0v) is 14.4. The fourth-order valence-electron chi connectivity index (χ4n) is 2.70. The first-order chi connectivity index (χ1) is 11.5. The summed E-state index contributed by atoms with van der Waals surface area (Å²) >= 11 is 0. The van der Waals surface area contributed by atoms with Crippen molar-refractivity contribution in [1.82, 2.24) is 5.32 Å². The Labute approximate surface area is 142 Å². The number of ether oxygens (including phenoxy) is 2. The molecule has 0 fully saturated rings. The standard InChI is InChI=1S/C20H23NO3/c1-13-5-6-16(9-14(13)2)20(22)21-12-17-11-19-18(10-15(17)3)23-7-4-8-24-19/h5-6,9-11H,4,7-8,12H2,1-3H3,(H,21,22). The lowest BCUT2D eigenvalue weighted by Crippen LogP contribution is -2.23. The maximum absolute atomic E-state index is 12.4. The van der Waals surface area contributed by atoms with Crippen LogP contribution in [0.1, 0.15) is 39.0 Å². The Morgan fingerprint density at radius 3 is 2.38 bits per heavy atom. The Balaban J connectivity index is 1.73. The molecule has 0 aromatic heterocycles.